The summed E-state index contributed by atoms with van der Waals surface area (Å²) in [5.41, 5.74) is 0.157. The predicted octanol–water partition coefficient (Wildman–Crippen LogP) is 6.30. The minimum absolute atomic E-state index is 0.0168. The van der Waals surface area contributed by atoms with Crippen LogP contribution in [-0.2, 0) is 17.4 Å². The van der Waals surface area contributed by atoms with Gasteiger partial charge in [-0.3, -0.25) is 4.79 Å². The van der Waals surface area contributed by atoms with E-state index in [1.807, 2.05) is 0 Å². The summed E-state index contributed by atoms with van der Waals surface area (Å²) in [6.07, 6.45) is -4.19. The Hall–Kier alpha value is -1.96. The van der Waals surface area contributed by atoms with Gasteiger partial charge in [-0.15, -0.1) is 0 Å². The largest absolute Gasteiger partial charge is 0.491 e. The molecular weight excluding hydrogens is 452 g/mol. The first-order valence-electron chi connectivity index (χ1n) is 9.94. The summed E-state index contributed by atoms with van der Waals surface area (Å²) in [4.78, 5) is 14.4. The molecule has 4 nitrogen and oxygen atoms in total. The molecule has 0 heterocycles. The van der Waals surface area contributed by atoms with E-state index in [0.29, 0.717) is 28.6 Å². The number of carbonyl (C=O) groups excluding carboxylic acids is 1. The number of alkyl halides is 3. The van der Waals surface area contributed by atoms with Crippen molar-refractivity contribution in [3.63, 3.8) is 0 Å². The monoisotopic (exact) mass is 476 g/mol. The Kier molecular flexibility index (Phi) is 9.47. The zero-order valence-electron chi connectivity index (χ0n) is 17.4. The van der Waals surface area contributed by atoms with Crippen LogP contribution in [0.4, 0.5) is 18.9 Å². The van der Waals surface area contributed by atoms with Gasteiger partial charge in [0.25, 0.3) is 0 Å². The average molecular weight is 477 g/mol. The second kappa shape index (κ2) is 11.6. The number of likely N-dealkylation sites (N-methyl/N-ethyl adjacent to an activating group) is 1. The summed E-state index contributed by atoms with van der Waals surface area (Å²) in [6.45, 7) is 7.33. The molecule has 2 aromatic rings. The summed E-state index contributed by atoms with van der Waals surface area (Å²) >= 11 is 12.2. The zero-order valence-corrected chi connectivity index (χ0v) is 18.9. The van der Waals surface area contributed by atoms with Crippen molar-refractivity contribution in [2.24, 2.45) is 0 Å². The van der Waals surface area contributed by atoms with Crippen molar-refractivity contribution in [1.29, 1.82) is 0 Å². The van der Waals surface area contributed by atoms with E-state index >= 15 is 0 Å². The smallest absolute Gasteiger partial charge is 0.416 e. The highest BCUT2D eigenvalue weighted by molar-refractivity contribution is 6.32. The first-order chi connectivity index (χ1) is 14.6. The lowest BCUT2D eigenvalue weighted by Crippen LogP contribution is -2.27. The van der Waals surface area contributed by atoms with E-state index in [2.05, 4.69) is 24.1 Å². The molecule has 0 aliphatic heterocycles. The van der Waals surface area contributed by atoms with Gasteiger partial charge in [0.15, 0.2) is 0 Å². The molecule has 0 fully saturated rings. The van der Waals surface area contributed by atoms with Crippen molar-refractivity contribution in [2.45, 2.75) is 32.9 Å². The van der Waals surface area contributed by atoms with Crippen molar-refractivity contribution in [1.82, 2.24) is 4.90 Å². The number of nitrogens with zero attached hydrogens (tertiary/aromatic N) is 1. The number of ether oxygens (including phenoxy) is 1. The van der Waals surface area contributed by atoms with Crippen LogP contribution in [0.3, 0.4) is 0 Å². The van der Waals surface area contributed by atoms with Gasteiger partial charge < -0.3 is 15.0 Å². The summed E-state index contributed by atoms with van der Waals surface area (Å²) in [6, 6.07) is 8.08. The van der Waals surface area contributed by atoms with Gasteiger partial charge in [-0.25, -0.2) is 0 Å². The molecule has 31 heavy (non-hydrogen) atoms. The Morgan fingerprint density at radius 2 is 1.77 bits per heavy atom. The average Bonchev–Trinajstić information content (AvgIpc) is 2.71. The third-order valence-electron chi connectivity index (χ3n) is 4.78. The van der Waals surface area contributed by atoms with E-state index in [1.54, 1.807) is 18.2 Å². The van der Waals surface area contributed by atoms with Crippen LogP contribution in [0.2, 0.25) is 10.0 Å². The zero-order chi connectivity index (χ0) is 23.0. The summed E-state index contributed by atoms with van der Waals surface area (Å²) in [5, 5.41) is 3.08. The van der Waals surface area contributed by atoms with Gasteiger partial charge in [-0.2, -0.15) is 13.2 Å². The van der Waals surface area contributed by atoms with Crippen LogP contribution in [0.1, 0.15) is 31.4 Å². The van der Waals surface area contributed by atoms with Crippen LogP contribution < -0.4 is 10.1 Å². The molecule has 2 rings (SSSR count). The molecule has 0 unspecified atom stereocenters. The molecule has 0 aromatic heterocycles. The molecule has 170 valence electrons. The molecule has 2 aromatic carbocycles. The first-order valence-corrected chi connectivity index (χ1v) is 10.7. The number of anilines is 1. The van der Waals surface area contributed by atoms with Crippen LogP contribution >= 0.6 is 23.2 Å². The Morgan fingerprint density at radius 3 is 2.35 bits per heavy atom. The summed E-state index contributed by atoms with van der Waals surface area (Å²) < 4.78 is 43.8. The van der Waals surface area contributed by atoms with E-state index in [4.69, 9.17) is 27.9 Å². The maximum Gasteiger partial charge on any atom is 0.416 e. The number of rotatable bonds is 10. The van der Waals surface area contributed by atoms with Crippen LogP contribution in [0.5, 0.6) is 5.75 Å². The van der Waals surface area contributed by atoms with E-state index in [9.17, 15) is 18.0 Å². The van der Waals surface area contributed by atoms with E-state index in [0.717, 1.165) is 31.8 Å². The molecule has 0 radical (unpaired) electrons. The molecule has 0 saturated heterocycles. The van der Waals surface area contributed by atoms with Crippen molar-refractivity contribution in [3.8, 4) is 5.75 Å². The molecule has 9 heteroatoms. The Balaban J connectivity index is 1.87. The first kappa shape index (κ1) is 25.3. The fourth-order valence-electron chi connectivity index (χ4n) is 2.92. The van der Waals surface area contributed by atoms with Gasteiger partial charge in [0.1, 0.15) is 12.4 Å². The maximum atomic E-state index is 12.7. The number of hydrogen-bond acceptors (Lipinski definition) is 3. The minimum atomic E-state index is -4.46. The van der Waals surface area contributed by atoms with E-state index < -0.39 is 11.7 Å². The highest BCUT2D eigenvalue weighted by Gasteiger charge is 2.30. The highest BCUT2D eigenvalue weighted by Crippen LogP contribution is 2.32. The van der Waals surface area contributed by atoms with E-state index in [-0.39, 0.29) is 23.8 Å². The fraction of sp³-hybridized carbons (Fsp3) is 0.409. The normalized spacial score (nSPS) is 11.6. The minimum Gasteiger partial charge on any atom is -0.491 e. The number of hydrogen-bond donors (Lipinski definition) is 1. The van der Waals surface area contributed by atoms with Crippen molar-refractivity contribution in [2.75, 3.05) is 31.6 Å². The Morgan fingerprint density at radius 1 is 1.06 bits per heavy atom. The Labute approximate surface area is 190 Å². The van der Waals surface area contributed by atoms with Crippen LogP contribution in [0, 0.1) is 0 Å². The quantitative estimate of drug-likeness (QED) is 0.437. The number of nitrogens with one attached hydrogen (secondary N) is 1. The van der Waals surface area contributed by atoms with Gasteiger partial charge in [-0.1, -0.05) is 43.1 Å². The van der Waals surface area contributed by atoms with Crippen LogP contribution in [0.25, 0.3) is 0 Å². The van der Waals surface area contributed by atoms with Crippen molar-refractivity contribution >= 4 is 34.8 Å². The van der Waals surface area contributed by atoms with Gasteiger partial charge in [0.2, 0.25) is 5.91 Å². The number of halogens is 5. The molecule has 1 N–H and O–H groups in total. The molecular formula is C22H25Cl2F3N2O2. The fourth-order valence-corrected chi connectivity index (χ4v) is 3.43. The lowest BCUT2D eigenvalue weighted by molar-refractivity contribution is -0.137. The molecule has 1 amide bonds. The third kappa shape index (κ3) is 7.91. The molecule has 0 saturated carbocycles. The van der Waals surface area contributed by atoms with E-state index in [1.165, 1.54) is 6.07 Å². The molecule has 0 aliphatic rings. The maximum absolute atomic E-state index is 12.7. The van der Waals surface area contributed by atoms with Gasteiger partial charge in [0, 0.05) is 23.7 Å². The third-order valence-corrected chi connectivity index (χ3v) is 5.42. The molecule has 0 atom stereocenters. The standard InChI is InChI=1S/C22H25Cl2F3N2O2/c1-3-29(4-2)11-12-31-20-9-8-17(14-19(20)24)28-21(30)10-6-15-5-7-16(13-18(15)23)22(25,26)27/h5,7-9,13-14H,3-4,6,10-12H2,1-2H3,(H,28,30). The van der Waals surface area contributed by atoms with Crippen molar-refractivity contribution < 1.29 is 22.7 Å². The number of aryl methyl sites for hydroxylation is 1. The van der Waals surface area contributed by atoms with Gasteiger partial charge in [0.05, 0.1) is 10.6 Å². The van der Waals surface area contributed by atoms with Gasteiger partial charge in [-0.05, 0) is 55.4 Å². The SMILES string of the molecule is CCN(CC)CCOc1ccc(NC(=O)CCc2ccc(C(F)(F)F)cc2Cl)cc1Cl. The summed E-state index contributed by atoms with van der Waals surface area (Å²) in [7, 11) is 0. The van der Waals surface area contributed by atoms with Crippen LogP contribution in [0.15, 0.2) is 36.4 Å². The molecule has 0 bridgehead atoms. The van der Waals surface area contributed by atoms with Crippen molar-refractivity contribution in [3.05, 3.63) is 57.6 Å². The highest BCUT2D eigenvalue weighted by atomic mass is 35.5. The van der Waals surface area contributed by atoms with Crippen LogP contribution in [-0.4, -0.2) is 37.0 Å². The number of amides is 1. The topological polar surface area (TPSA) is 41.6 Å². The second-order valence-corrected chi connectivity index (χ2v) is 7.69. The number of benzene rings is 2. The lowest BCUT2D eigenvalue weighted by Gasteiger charge is -2.18. The lowest BCUT2D eigenvalue weighted by atomic mass is 10.1. The Bertz CT molecular complexity index is 888. The molecule has 0 aliphatic carbocycles. The number of carbonyl (C=O) groups is 1. The van der Waals surface area contributed by atoms with Gasteiger partial charge >= 0.3 is 6.18 Å². The predicted molar refractivity (Wildman–Crippen MR) is 118 cm³/mol. The summed E-state index contributed by atoms with van der Waals surface area (Å²) in [5.74, 6) is 0.227. The second-order valence-electron chi connectivity index (χ2n) is 6.87. The molecule has 0 spiro atoms.